The van der Waals surface area contributed by atoms with E-state index in [0.29, 0.717) is 0 Å². The maximum Gasteiger partial charge on any atom is 0.137 e. The molecule has 0 bridgehead atoms. The molecule has 0 saturated heterocycles. The van der Waals surface area contributed by atoms with Crippen LogP contribution in [0.4, 0.5) is 17.1 Å². The van der Waals surface area contributed by atoms with Crippen LogP contribution in [0.15, 0.2) is 180 Å². The van der Waals surface area contributed by atoms with E-state index >= 15 is 0 Å². The van der Waals surface area contributed by atoms with Gasteiger partial charge in [0.15, 0.2) is 0 Å². The highest BCUT2D eigenvalue weighted by atomic mass is 16.3. The van der Waals surface area contributed by atoms with Crippen LogP contribution in [0, 0.1) is 0 Å². The number of furan rings is 1. The Balaban J connectivity index is 1.24. The number of anilines is 3. The fraction of sp³-hybridized carbons (Fsp3) is 0. The molecule has 0 atom stereocenters. The Labute approximate surface area is 267 Å². The first kappa shape index (κ1) is 26.3. The number of hydrogen-bond acceptors (Lipinski definition) is 2. The summed E-state index contributed by atoms with van der Waals surface area (Å²) in [4.78, 5) is 2.30. The van der Waals surface area contributed by atoms with Gasteiger partial charge in [-0.15, -0.1) is 0 Å². The minimum atomic E-state index is 0.881. The summed E-state index contributed by atoms with van der Waals surface area (Å²) in [6, 6.07) is 62.7. The second-order valence-corrected chi connectivity index (χ2v) is 11.7. The van der Waals surface area contributed by atoms with Gasteiger partial charge in [0.25, 0.3) is 0 Å². The molecule has 0 amide bonds. The molecule has 0 unspecified atom stereocenters. The molecule has 0 fully saturated rings. The Kier molecular flexibility index (Phi) is 6.17. The smallest absolute Gasteiger partial charge is 0.137 e. The van der Waals surface area contributed by atoms with E-state index in [9.17, 15) is 0 Å². The third-order valence-corrected chi connectivity index (χ3v) is 9.04. The highest BCUT2D eigenvalue weighted by molar-refractivity contribution is 6.21. The standard InChI is InChI=1S/C44H29NO/c1-3-13-30(14-4-1)43-39-20-9-7-17-35(39)36-18-8-10-21-40(36)44(43)31-23-25-33(26-24-31)45(32-15-5-2-6-16-32)34-27-28-38-37-19-11-12-22-41(37)46-42(38)29-34/h1-29H. The van der Waals surface area contributed by atoms with E-state index in [1.807, 2.05) is 12.1 Å². The molecule has 216 valence electrons. The van der Waals surface area contributed by atoms with Crippen molar-refractivity contribution >= 4 is 60.5 Å². The molecular formula is C44H29NO. The van der Waals surface area contributed by atoms with Gasteiger partial charge in [-0.2, -0.15) is 0 Å². The van der Waals surface area contributed by atoms with Gasteiger partial charge in [0.1, 0.15) is 11.2 Å². The van der Waals surface area contributed by atoms with Gasteiger partial charge < -0.3 is 9.32 Å². The average molecular weight is 588 g/mol. The lowest BCUT2D eigenvalue weighted by molar-refractivity contribution is 0.669. The van der Waals surface area contributed by atoms with Crippen LogP contribution in [0.3, 0.4) is 0 Å². The highest BCUT2D eigenvalue weighted by Crippen LogP contribution is 2.45. The quantitative estimate of drug-likeness (QED) is 0.186. The molecule has 9 rings (SSSR count). The van der Waals surface area contributed by atoms with E-state index in [4.69, 9.17) is 4.42 Å². The number of fused-ring (bicyclic) bond motifs is 6. The van der Waals surface area contributed by atoms with E-state index in [1.54, 1.807) is 0 Å². The number of para-hydroxylation sites is 2. The first-order valence-corrected chi connectivity index (χ1v) is 15.7. The topological polar surface area (TPSA) is 16.4 Å². The molecule has 2 nitrogen and oxygen atoms in total. The van der Waals surface area contributed by atoms with Crippen LogP contribution in [0.2, 0.25) is 0 Å². The molecule has 0 aliphatic carbocycles. The monoisotopic (exact) mass is 587 g/mol. The summed E-state index contributed by atoms with van der Waals surface area (Å²) in [6.07, 6.45) is 0. The van der Waals surface area contributed by atoms with Gasteiger partial charge in [0.05, 0.1) is 0 Å². The molecular weight excluding hydrogens is 558 g/mol. The zero-order valence-electron chi connectivity index (χ0n) is 25.1. The molecule has 1 aromatic heterocycles. The second-order valence-electron chi connectivity index (χ2n) is 11.7. The number of hydrogen-bond donors (Lipinski definition) is 0. The van der Waals surface area contributed by atoms with Crippen LogP contribution >= 0.6 is 0 Å². The van der Waals surface area contributed by atoms with Gasteiger partial charge in [-0.3, -0.25) is 0 Å². The Morgan fingerprint density at radius 3 is 1.41 bits per heavy atom. The summed E-state index contributed by atoms with van der Waals surface area (Å²) >= 11 is 0. The molecule has 0 radical (unpaired) electrons. The number of rotatable bonds is 5. The SMILES string of the molecule is c1ccc(-c2c(-c3ccc(N(c4ccccc4)c4ccc5c(c4)oc4ccccc45)cc3)c3ccccc3c3ccccc23)cc1. The summed E-state index contributed by atoms with van der Waals surface area (Å²) in [5, 5.41) is 7.31. The van der Waals surface area contributed by atoms with Crippen molar-refractivity contribution in [2.24, 2.45) is 0 Å². The van der Waals surface area contributed by atoms with Crippen LogP contribution in [0.5, 0.6) is 0 Å². The zero-order valence-corrected chi connectivity index (χ0v) is 25.1. The van der Waals surface area contributed by atoms with Crippen molar-refractivity contribution < 1.29 is 4.42 Å². The largest absolute Gasteiger partial charge is 0.456 e. The van der Waals surface area contributed by atoms with Crippen LogP contribution in [0.1, 0.15) is 0 Å². The van der Waals surface area contributed by atoms with Crippen molar-refractivity contribution in [3.63, 3.8) is 0 Å². The highest BCUT2D eigenvalue weighted by Gasteiger charge is 2.19. The molecule has 2 heteroatoms. The van der Waals surface area contributed by atoms with Crippen LogP contribution in [0.25, 0.3) is 65.7 Å². The predicted octanol–water partition coefficient (Wildman–Crippen LogP) is 12.7. The van der Waals surface area contributed by atoms with E-state index in [-0.39, 0.29) is 0 Å². The summed E-state index contributed by atoms with van der Waals surface area (Å²) in [7, 11) is 0. The molecule has 0 saturated carbocycles. The van der Waals surface area contributed by atoms with Crippen molar-refractivity contribution in [1.82, 2.24) is 0 Å². The normalized spacial score (nSPS) is 11.5. The lowest BCUT2D eigenvalue weighted by Crippen LogP contribution is -2.09. The molecule has 1 heterocycles. The minimum absolute atomic E-state index is 0.881. The van der Waals surface area contributed by atoms with Crippen LogP contribution in [-0.2, 0) is 0 Å². The maximum absolute atomic E-state index is 6.30. The number of benzene rings is 8. The van der Waals surface area contributed by atoms with E-state index in [0.717, 1.165) is 39.0 Å². The van der Waals surface area contributed by atoms with Crippen LogP contribution < -0.4 is 4.90 Å². The fourth-order valence-corrected chi connectivity index (χ4v) is 7.00. The molecule has 0 aliphatic heterocycles. The molecule has 9 aromatic rings. The van der Waals surface area contributed by atoms with Crippen molar-refractivity contribution in [2.45, 2.75) is 0 Å². The third-order valence-electron chi connectivity index (χ3n) is 9.04. The minimum Gasteiger partial charge on any atom is -0.456 e. The lowest BCUT2D eigenvalue weighted by atomic mass is 9.85. The first-order chi connectivity index (χ1) is 22.8. The van der Waals surface area contributed by atoms with Gasteiger partial charge in [0.2, 0.25) is 0 Å². The van der Waals surface area contributed by atoms with E-state index in [1.165, 1.54) is 43.8 Å². The van der Waals surface area contributed by atoms with Gasteiger partial charge in [-0.25, -0.2) is 0 Å². The molecule has 0 N–H and O–H groups in total. The Hall–Kier alpha value is -6.12. The van der Waals surface area contributed by atoms with Crippen molar-refractivity contribution in [3.05, 3.63) is 176 Å². The summed E-state index contributed by atoms with van der Waals surface area (Å²) in [5.74, 6) is 0. The lowest BCUT2D eigenvalue weighted by Gasteiger charge is -2.26. The van der Waals surface area contributed by atoms with E-state index < -0.39 is 0 Å². The Morgan fingerprint density at radius 1 is 0.304 bits per heavy atom. The van der Waals surface area contributed by atoms with Gasteiger partial charge in [0, 0.05) is 33.9 Å². The van der Waals surface area contributed by atoms with Crippen LogP contribution in [-0.4, -0.2) is 0 Å². The molecule has 0 aliphatic rings. The third kappa shape index (κ3) is 4.27. The number of nitrogens with zero attached hydrogens (tertiary/aromatic N) is 1. The van der Waals surface area contributed by atoms with Gasteiger partial charge >= 0.3 is 0 Å². The Morgan fingerprint density at radius 2 is 0.761 bits per heavy atom. The van der Waals surface area contributed by atoms with Crippen molar-refractivity contribution in [2.75, 3.05) is 4.90 Å². The predicted molar refractivity (Wildman–Crippen MR) is 194 cm³/mol. The first-order valence-electron chi connectivity index (χ1n) is 15.7. The zero-order chi connectivity index (χ0) is 30.5. The summed E-state index contributed by atoms with van der Waals surface area (Å²) in [5.41, 5.74) is 9.92. The maximum atomic E-state index is 6.30. The van der Waals surface area contributed by atoms with Crippen molar-refractivity contribution in [1.29, 1.82) is 0 Å². The summed E-state index contributed by atoms with van der Waals surface area (Å²) < 4.78 is 6.30. The van der Waals surface area contributed by atoms with E-state index in [2.05, 4.69) is 169 Å². The average Bonchev–Trinajstić information content (AvgIpc) is 3.50. The fourth-order valence-electron chi connectivity index (χ4n) is 7.00. The molecule has 8 aromatic carbocycles. The van der Waals surface area contributed by atoms with Crippen molar-refractivity contribution in [3.8, 4) is 22.3 Å². The van der Waals surface area contributed by atoms with Gasteiger partial charge in [-0.1, -0.05) is 127 Å². The summed E-state index contributed by atoms with van der Waals surface area (Å²) in [6.45, 7) is 0. The second kappa shape index (κ2) is 10.8. The molecule has 0 spiro atoms. The molecule has 46 heavy (non-hydrogen) atoms. The Bertz CT molecular complexity index is 2510. The van der Waals surface area contributed by atoms with Gasteiger partial charge in [-0.05, 0) is 86.3 Å².